The van der Waals surface area contributed by atoms with Crippen molar-refractivity contribution in [1.29, 1.82) is 0 Å². The van der Waals surface area contributed by atoms with Crippen LogP contribution in [0.15, 0.2) is 60.9 Å². The molecule has 2 nitrogen and oxygen atoms in total. The van der Waals surface area contributed by atoms with Crippen LogP contribution in [0.3, 0.4) is 0 Å². The summed E-state index contributed by atoms with van der Waals surface area (Å²) in [6.07, 6.45) is -3.87. The molecule has 1 unspecified atom stereocenters. The van der Waals surface area contributed by atoms with Crippen LogP contribution in [-0.4, -0.2) is 10.8 Å². The molecule has 1 atom stereocenters. The number of hydrogen-bond acceptors (Lipinski definition) is 2. The third-order valence-corrected chi connectivity index (χ3v) is 5.07. The molecular weight excluding hydrogens is 441 g/mol. The molecule has 0 radical (unpaired) electrons. The Labute approximate surface area is 180 Å². The number of hydrogen-bond donors (Lipinski definition) is 0. The monoisotopic (exact) mass is 455 g/mol. The summed E-state index contributed by atoms with van der Waals surface area (Å²) < 4.78 is 53.9. The molecule has 3 rings (SSSR count). The van der Waals surface area contributed by atoms with Gasteiger partial charge in [0.25, 0.3) is 0 Å². The van der Waals surface area contributed by atoms with Crippen LogP contribution in [0.4, 0.5) is 17.6 Å². The third kappa shape index (κ3) is 5.18. The second kappa shape index (κ2) is 9.14. The highest BCUT2D eigenvalue weighted by Crippen LogP contribution is 2.35. The number of aromatic nitrogens is 1. The molecule has 0 saturated heterocycles. The highest BCUT2D eigenvalue weighted by Gasteiger charge is 2.34. The Morgan fingerprint density at radius 1 is 1.00 bits per heavy atom. The predicted octanol–water partition coefficient (Wildman–Crippen LogP) is 7.75. The molecule has 0 spiro atoms. The molecule has 0 fully saturated rings. The topological polar surface area (TPSA) is 30.0 Å². The molecule has 0 aliphatic carbocycles. The van der Waals surface area contributed by atoms with Crippen molar-refractivity contribution in [2.24, 2.45) is 0 Å². The van der Waals surface area contributed by atoms with Gasteiger partial charge in [0.1, 0.15) is 6.17 Å². The summed E-state index contributed by atoms with van der Waals surface area (Å²) in [6.45, 7) is 0. The SMILES string of the molecule is O=C(CCC(F)c1ccc(-c2cncc(Cl)c2)cc1Cl)c1ccccc1C(F)(F)F. The molecule has 0 aliphatic heterocycles. The lowest BCUT2D eigenvalue weighted by molar-refractivity contribution is -0.137. The van der Waals surface area contributed by atoms with E-state index < -0.39 is 29.3 Å². The van der Waals surface area contributed by atoms with E-state index >= 15 is 0 Å². The van der Waals surface area contributed by atoms with Gasteiger partial charge in [0.15, 0.2) is 5.78 Å². The lowest BCUT2D eigenvalue weighted by Crippen LogP contribution is -2.13. The lowest BCUT2D eigenvalue weighted by atomic mass is 9.96. The number of halogens is 6. The van der Waals surface area contributed by atoms with E-state index in [1.807, 2.05) is 0 Å². The van der Waals surface area contributed by atoms with Crippen molar-refractivity contribution < 1.29 is 22.4 Å². The summed E-state index contributed by atoms with van der Waals surface area (Å²) in [5.41, 5.74) is 0.0498. The first-order chi connectivity index (χ1) is 14.2. The fourth-order valence-corrected chi connectivity index (χ4v) is 3.52. The fraction of sp³-hybridized carbons (Fsp3) is 0.182. The van der Waals surface area contributed by atoms with Gasteiger partial charge in [0.2, 0.25) is 0 Å². The maximum Gasteiger partial charge on any atom is 0.417 e. The minimum absolute atomic E-state index is 0.142. The average Bonchev–Trinajstić information content (AvgIpc) is 2.71. The van der Waals surface area contributed by atoms with E-state index in [2.05, 4.69) is 4.98 Å². The van der Waals surface area contributed by atoms with Gasteiger partial charge in [0.05, 0.1) is 10.6 Å². The van der Waals surface area contributed by atoms with Gasteiger partial charge in [0, 0.05) is 40.5 Å². The molecule has 1 heterocycles. The Bertz CT molecular complexity index is 1070. The molecule has 30 heavy (non-hydrogen) atoms. The van der Waals surface area contributed by atoms with Crippen molar-refractivity contribution in [3.05, 3.63) is 87.7 Å². The normalized spacial score (nSPS) is 12.6. The van der Waals surface area contributed by atoms with Crippen LogP contribution in [0.25, 0.3) is 11.1 Å². The number of pyridine rings is 1. The summed E-state index contributed by atoms with van der Waals surface area (Å²) in [5, 5.41) is 0.580. The Balaban J connectivity index is 1.73. The van der Waals surface area contributed by atoms with E-state index in [9.17, 15) is 22.4 Å². The number of rotatable bonds is 6. The highest BCUT2D eigenvalue weighted by atomic mass is 35.5. The van der Waals surface area contributed by atoms with Crippen molar-refractivity contribution >= 4 is 29.0 Å². The third-order valence-electron chi connectivity index (χ3n) is 4.53. The van der Waals surface area contributed by atoms with Gasteiger partial charge in [-0.3, -0.25) is 9.78 Å². The van der Waals surface area contributed by atoms with Crippen LogP contribution in [0.1, 0.15) is 40.5 Å². The van der Waals surface area contributed by atoms with E-state index in [-0.39, 0.29) is 23.4 Å². The van der Waals surface area contributed by atoms with Crippen molar-refractivity contribution in [2.45, 2.75) is 25.2 Å². The number of benzene rings is 2. The van der Waals surface area contributed by atoms with Crippen molar-refractivity contribution in [2.75, 3.05) is 0 Å². The largest absolute Gasteiger partial charge is 0.417 e. The van der Waals surface area contributed by atoms with Gasteiger partial charge >= 0.3 is 6.18 Å². The van der Waals surface area contributed by atoms with Crippen LogP contribution < -0.4 is 0 Å². The first-order valence-electron chi connectivity index (χ1n) is 8.90. The zero-order chi connectivity index (χ0) is 21.9. The minimum atomic E-state index is -4.66. The number of nitrogens with zero attached hydrogens (tertiary/aromatic N) is 1. The Kier molecular flexibility index (Phi) is 6.78. The van der Waals surface area contributed by atoms with Gasteiger partial charge in [-0.15, -0.1) is 0 Å². The molecule has 8 heteroatoms. The van der Waals surface area contributed by atoms with Gasteiger partial charge in [-0.2, -0.15) is 13.2 Å². The quantitative estimate of drug-likeness (QED) is 0.281. The van der Waals surface area contributed by atoms with E-state index in [0.29, 0.717) is 16.1 Å². The minimum Gasteiger partial charge on any atom is -0.294 e. The van der Waals surface area contributed by atoms with Crippen LogP contribution in [0.5, 0.6) is 0 Å². The molecule has 156 valence electrons. The summed E-state index contributed by atoms with van der Waals surface area (Å²) in [6, 6.07) is 10.8. The number of ketones is 1. The maximum atomic E-state index is 14.7. The molecule has 0 aliphatic rings. The number of alkyl halides is 4. The second-order valence-electron chi connectivity index (χ2n) is 6.60. The van der Waals surface area contributed by atoms with Crippen LogP contribution in [-0.2, 0) is 6.18 Å². The molecule has 0 N–H and O–H groups in total. The van der Waals surface area contributed by atoms with Crippen molar-refractivity contribution in [3.63, 3.8) is 0 Å². The van der Waals surface area contributed by atoms with Crippen molar-refractivity contribution in [3.8, 4) is 11.1 Å². The molecule has 0 bridgehead atoms. The standard InChI is InChI=1S/C22H15Cl2F4NO/c23-15-9-14(11-29-12-15)13-5-6-17(19(24)10-13)20(25)7-8-21(30)16-3-1-2-4-18(16)22(26,27)28/h1-6,9-12,20H,7-8H2. The summed E-state index contributed by atoms with van der Waals surface area (Å²) in [7, 11) is 0. The molecule has 0 saturated carbocycles. The lowest BCUT2D eigenvalue weighted by Gasteiger charge is -2.14. The molecule has 1 aromatic heterocycles. The summed E-state index contributed by atoms with van der Waals surface area (Å²) in [4.78, 5) is 16.3. The Morgan fingerprint density at radius 3 is 2.40 bits per heavy atom. The average molecular weight is 456 g/mol. The molecule has 3 aromatic rings. The zero-order valence-electron chi connectivity index (χ0n) is 15.4. The van der Waals surface area contributed by atoms with Gasteiger partial charge in [-0.1, -0.05) is 53.5 Å². The van der Waals surface area contributed by atoms with Gasteiger partial charge < -0.3 is 0 Å². The van der Waals surface area contributed by atoms with Crippen molar-refractivity contribution in [1.82, 2.24) is 4.98 Å². The number of Topliss-reactive ketones (excluding diaryl/α,β-unsaturated/α-hetero) is 1. The number of carbonyl (C=O) groups excluding carboxylic acids is 1. The van der Waals surface area contributed by atoms with E-state index in [4.69, 9.17) is 23.2 Å². The first-order valence-corrected chi connectivity index (χ1v) is 9.66. The fourth-order valence-electron chi connectivity index (χ4n) is 3.05. The van der Waals surface area contributed by atoms with E-state index in [1.54, 1.807) is 24.4 Å². The number of carbonyl (C=O) groups is 1. The molecule has 2 aromatic carbocycles. The van der Waals surface area contributed by atoms with E-state index in [1.165, 1.54) is 24.4 Å². The highest BCUT2D eigenvalue weighted by molar-refractivity contribution is 6.32. The Hall–Kier alpha value is -2.44. The Morgan fingerprint density at radius 2 is 1.73 bits per heavy atom. The van der Waals surface area contributed by atoms with Crippen LogP contribution in [0.2, 0.25) is 10.0 Å². The van der Waals surface area contributed by atoms with Gasteiger partial charge in [-0.25, -0.2) is 4.39 Å². The predicted molar refractivity (Wildman–Crippen MR) is 109 cm³/mol. The smallest absolute Gasteiger partial charge is 0.294 e. The van der Waals surface area contributed by atoms with Gasteiger partial charge in [-0.05, 0) is 30.2 Å². The zero-order valence-corrected chi connectivity index (χ0v) is 16.9. The second-order valence-corrected chi connectivity index (χ2v) is 7.44. The van der Waals surface area contributed by atoms with Crippen LogP contribution in [0, 0.1) is 0 Å². The molecule has 0 amide bonds. The summed E-state index contributed by atoms with van der Waals surface area (Å²) in [5.74, 6) is -0.775. The molecular formula is C22H15Cl2F4NO. The summed E-state index contributed by atoms with van der Waals surface area (Å²) >= 11 is 12.1. The van der Waals surface area contributed by atoms with Crippen LogP contribution >= 0.6 is 23.2 Å². The maximum absolute atomic E-state index is 14.7. The first kappa shape index (κ1) is 22.2. The van der Waals surface area contributed by atoms with E-state index in [0.717, 1.165) is 12.1 Å².